The Morgan fingerprint density at radius 3 is 2.64 bits per heavy atom. The molecule has 28 heavy (non-hydrogen) atoms. The number of nitrogen functional groups attached to an aromatic ring is 1. The van der Waals surface area contributed by atoms with Crippen LogP contribution in [0.5, 0.6) is 0 Å². The Kier molecular flexibility index (Phi) is 5.03. The molecule has 0 amide bonds. The fourth-order valence-corrected chi connectivity index (χ4v) is 3.35. The van der Waals surface area contributed by atoms with Crippen LogP contribution in [0.25, 0.3) is 11.3 Å². The molecule has 1 aromatic carbocycles. The van der Waals surface area contributed by atoms with Crippen molar-refractivity contribution in [3.05, 3.63) is 64.6 Å². The second kappa shape index (κ2) is 7.77. The van der Waals surface area contributed by atoms with E-state index < -0.39 is 0 Å². The van der Waals surface area contributed by atoms with Crippen LogP contribution in [0, 0.1) is 0 Å². The first kappa shape index (κ1) is 18.1. The lowest BCUT2D eigenvalue weighted by Gasteiger charge is -2.32. The fourth-order valence-electron chi connectivity index (χ4n) is 3.35. The molecule has 1 saturated carbocycles. The topological polar surface area (TPSA) is 125 Å². The summed E-state index contributed by atoms with van der Waals surface area (Å²) < 4.78 is 1.45. The smallest absolute Gasteiger partial charge is 0.266 e. The Hall–Kier alpha value is -3.26. The highest BCUT2D eigenvalue weighted by Gasteiger charge is 2.29. The van der Waals surface area contributed by atoms with Crippen molar-refractivity contribution in [1.82, 2.24) is 19.7 Å². The molecule has 0 radical (unpaired) electrons. The summed E-state index contributed by atoms with van der Waals surface area (Å²) in [5.41, 5.74) is 14.2. The Morgan fingerprint density at radius 1 is 1.11 bits per heavy atom. The van der Waals surface area contributed by atoms with Gasteiger partial charge < -0.3 is 16.8 Å². The fraction of sp³-hybridized carbons (Fsp3) is 0.300. The van der Waals surface area contributed by atoms with Gasteiger partial charge in [-0.1, -0.05) is 30.3 Å². The van der Waals surface area contributed by atoms with Crippen molar-refractivity contribution < 1.29 is 0 Å². The van der Waals surface area contributed by atoms with Crippen molar-refractivity contribution in [2.24, 2.45) is 5.73 Å². The van der Waals surface area contributed by atoms with Gasteiger partial charge in [-0.3, -0.25) is 4.79 Å². The average Bonchev–Trinajstić information content (AvgIpc) is 2.67. The van der Waals surface area contributed by atoms with Gasteiger partial charge in [-0.15, -0.1) is 0 Å². The van der Waals surface area contributed by atoms with Crippen LogP contribution in [0.1, 0.15) is 24.5 Å². The normalized spacial score (nSPS) is 18.5. The SMILES string of the molecule is Nc1nc(NCCn2nc(-c3ccccc3)ccc2=O)cc(C2CC(N)C2)n1. The van der Waals surface area contributed by atoms with Crippen LogP contribution >= 0.6 is 0 Å². The minimum atomic E-state index is -0.146. The van der Waals surface area contributed by atoms with E-state index in [1.807, 2.05) is 36.4 Å². The molecule has 1 aliphatic carbocycles. The Labute approximate surface area is 162 Å². The summed E-state index contributed by atoms with van der Waals surface area (Å²) in [4.78, 5) is 20.7. The van der Waals surface area contributed by atoms with E-state index in [2.05, 4.69) is 20.4 Å². The van der Waals surface area contributed by atoms with Crippen molar-refractivity contribution >= 4 is 11.8 Å². The molecule has 0 unspecified atom stereocenters. The zero-order valence-electron chi connectivity index (χ0n) is 15.5. The lowest BCUT2D eigenvalue weighted by molar-refractivity contribution is 0.345. The van der Waals surface area contributed by atoms with Crippen LogP contribution in [0.4, 0.5) is 11.8 Å². The maximum Gasteiger partial charge on any atom is 0.266 e. The molecular weight excluding hydrogens is 354 g/mol. The number of aromatic nitrogens is 4. The van der Waals surface area contributed by atoms with Gasteiger partial charge in [0.1, 0.15) is 5.82 Å². The van der Waals surface area contributed by atoms with Gasteiger partial charge >= 0.3 is 0 Å². The maximum absolute atomic E-state index is 12.1. The summed E-state index contributed by atoms with van der Waals surface area (Å²) in [6.45, 7) is 0.901. The molecule has 0 atom stereocenters. The minimum Gasteiger partial charge on any atom is -0.368 e. The van der Waals surface area contributed by atoms with Crippen LogP contribution < -0.4 is 22.3 Å². The number of hydrogen-bond acceptors (Lipinski definition) is 7. The Morgan fingerprint density at radius 2 is 1.89 bits per heavy atom. The van der Waals surface area contributed by atoms with E-state index in [-0.39, 0.29) is 17.5 Å². The molecule has 0 spiro atoms. The number of nitrogens with two attached hydrogens (primary N) is 2. The number of nitrogens with one attached hydrogen (secondary N) is 1. The van der Waals surface area contributed by atoms with Gasteiger partial charge in [0.05, 0.1) is 17.9 Å². The van der Waals surface area contributed by atoms with Gasteiger partial charge in [0.25, 0.3) is 5.56 Å². The van der Waals surface area contributed by atoms with Crippen molar-refractivity contribution in [2.45, 2.75) is 31.3 Å². The van der Waals surface area contributed by atoms with Gasteiger partial charge in [-0.05, 0) is 18.9 Å². The molecule has 8 heteroatoms. The number of anilines is 2. The van der Waals surface area contributed by atoms with E-state index in [4.69, 9.17) is 11.5 Å². The molecule has 0 aliphatic heterocycles. The Balaban J connectivity index is 1.43. The van der Waals surface area contributed by atoms with Gasteiger partial charge in [0.2, 0.25) is 5.95 Å². The predicted octanol–water partition coefficient (Wildman–Crippen LogP) is 1.60. The highest BCUT2D eigenvalue weighted by Crippen LogP contribution is 2.35. The Bertz CT molecular complexity index is 1010. The van der Waals surface area contributed by atoms with E-state index in [9.17, 15) is 4.79 Å². The third kappa shape index (κ3) is 4.01. The van der Waals surface area contributed by atoms with Crippen molar-refractivity contribution in [3.63, 3.8) is 0 Å². The van der Waals surface area contributed by atoms with E-state index >= 15 is 0 Å². The standard InChI is InChI=1S/C20H23N7O/c21-15-10-14(11-15)17-12-18(25-20(22)24-17)23-8-9-27-19(28)7-6-16(26-27)13-4-2-1-3-5-13/h1-7,12,14-15H,8-11,21H2,(H3,22,23,24,25). The highest BCUT2D eigenvalue weighted by atomic mass is 16.1. The quantitative estimate of drug-likeness (QED) is 0.596. The number of nitrogens with zero attached hydrogens (tertiary/aromatic N) is 4. The molecule has 3 aromatic rings. The lowest BCUT2D eigenvalue weighted by Crippen LogP contribution is -2.35. The van der Waals surface area contributed by atoms with Crippen LogP contribution in [0.15, 0.2) is 53.3 Å². The van der Waals surface area contributed by atoms with Gasteiger partial charge in [0.15, 0.2) is 0 Å². The van der Waals surface area contributed by atoms with Crippen LogP contribution in [0.2, 0.25) is 0 Å². The summed E-state index contributed by atoms with van der Waals surface area (Å²) in [5, 5.41) is 7.67. The van der Waals surface area contributed by atoms with Crippen LogP contribution in [-0.4, -0.2) is 32.3 Å². The van der Waals surface area contributed by atoms with Gasteiger partial charge in [-0.2, -0.15) is 10.1 Å². The second-order valence-electron chi connectivity index (χ2n) is 7.04. The molecule has 2 heterocycles. The number of rotatable bonds is 6. The molecule has 0 bridgehead atoms. The van der Waals surface area contributed by atoms with E-state index in [1.54, 1.807) is 6.07 Å². The monoisotopic (exact) mass is 377 g/mol. The molecule has 1 aliphatic rings. The summed E-state index contributed by atoms with van der Waals surface area (Å²) in [6, 6.07) is 15.2. The highest BCUT2D eigenvalue weighted by molar-refractivity contribution is 5.57. The van der Waals surface area contributed by atoms with Crippen LogP contribution in [0.3, 0.4) is 0 Å². The predicted molar refractivity (Wildman–Crippen MR) is 109 cm³/mol. The molecule has 8 nitrogen and oxygen atoms in total. The van der Waals surface area contributed by atoms with Crippen molar-refractivity contribution in [1.29, 1.82) is 0 Å². The van der Waals surface area contributed by atoms with Gasteiger partial charge in [-0.25, -0.2) is 9.67 Å². The minimum absolute atomic E-state index is 0.146. The summed E-state index contributed by atoms with van der Waals surface area (Å²) in [7, 11) is 0. The zero-order valence-corrected chi connectivity index (χ0v) is 15.5. The van der Waals surface area contributed by atoms with E-state index in [1.165, 1.54) is 10.7 Å². The first-order chi connectivity index (χ1) is 13.6. The van der Waals surface area contributed by atoms with Gasteiger partial charge in [0, 0.05) is 36.2 Å². The molecule has 144 valence electrons. The molecule has 1 fully saturated rings. The second-order valence-corrected chi connectivity index (χ2v) is 7.04. The summed E-state index contributed by atoms with van der Waals surface area (Å²) in [5.74, 6) is 1.23. The van der Waals surface area contributed by atoms with Crippen molar-refractivity contribution in [3.8, 4) is 11.3 Å². The third-order valence-electron chi connectivity index (χ3n) is 4.92. The molecule has 4 rings (SSSR count). The molecule has 2 aromatic heterocycles. The summed E-state index contributed by atoms with van der Waals surface area (Å²) >= 11 is 0. The molecule has 0 saturated heterocycles. The maximum atomic E-state index is 12.1. The number of hydrogen-bond donors (Lipinski definition) is 3. The average molecular weight is 377 g/mol. The zero-order chi connectivity index (χ0) is 19.5. The largest absolute Gasteiger partial charge is 0.368 e. The van der Waals surface area contributed by atoms with Crippen LogP contribution in [-0.2, 0) is 6.54 Å². The number of benzene rings is 1. The lowest BCUT2D eigenvalue weighted by atomic mass is 9.78. The third-order valence-corrected chi connectivity index (χ3v) is 4.92. The first-order valence-corrected chi connectivity index (χ1v) is 9.36. The first-order valence-electron chi connectivity index (χ1n) is 9.36. The van der Waals surface area contributed by atoms with Crippen molar-refractivity contribution in [2.75, 3.05) is 17.6 Å². The van der Waals surface area contributed by atoms with E-state index in [0.29, 0.717) is 24.8 Å². The van der Waals surface area contributed by atoms with E-state index in [0.717, 1.165) is 29.8 Å². The molecule has 5 N–H and O–H groups in total. The summed E-state index contributed by atoms with van der Waals surface area (Å²) in [6.07, 6.45) is 1.84. The molecular formula is C20H23N7O.